The van der Waals surface area contributed by atoms with E-state index in [2.05, 4.69) is 10.3 Å². The van der Waals surface area contributed by atoms with Crippen LogP contribution in [0.3, 0.4) is 0 Å². The molecule has 0 aliphatic carbocycles. The standard InChI is InChI=1S/C32H31ClFN3O4/c1-19-5-3-8-28(37-14-12-22(18-29(37)38)24-6-4-7-25(33)31(24)34)27-17-21(11-13-35-27)23-10-9-20(16-30(39)41-2)15-26(23)36-32(19)40/h4,6-7,9-11,13,15,17-19,28H,3,5,8,12,14,16H2,1-2H3,(H,36,40)/t19-,28+/m1/s1. The van der Waals surface area contributed by atoms with Crippen LogP contribution in [0.5, 0.6) is 0 Å². The minimum Gasteiger partial charge on any atom is -0.469 e. The zero-order valence-corrected chi connectivity index (χ0v) is 23.7. The first-order chi connectivity index (χ1) is 19.7. The molecule has 0 fully saturated rings. The van der Waals surface area contributed by atoms with Crippen molar-refractivity contribution in [3.8, 4) is 11.1 Å². The van der Waals surface area contributed by atoms with Crippen LogP contribution in [0.25, 0.3) is 16.7 Å². The van der Waals surface area contributed by atoms with E-state index in [1.165, 1.54) is 19.3 Å². The van der Waals surface area contributed by atoms with E-state index < -0.39 is 5.82 Å². The number of aromatic nitrogens is 1. The Hall–Kier alpha value is -4.04. The first-order valence-electron chi connectivity index (χ1n) is 13.7. The molecule has 5 rings (SSSR count). The van der Waals surface area contributed by atoms with E-state index >= 15 is 0 Å². The first-order valence-corrected chi connectivity index (χ1v) is 14.1. The number of ether oxygens (including phenoxy) is 1. The number of nitrogens with one attached hydrogen (secondary N) is 1. The van der Waals surface area contributed by atoms with Crippen LogP contribution >= 0.6 is 11.6 Å². The van der Waals surface area contributed by atoms with Gasteiger partial charge in [-0.25, -0.2) is 4.39 Å². The van der Waals surface area contributed by atoms with Gasteiger partial charge >= 0.3 is 5.97 Å². The van der Waals surface area contributed by atoms with E-state index in [0.29, 0.717) is 49.1 Å². The molecule has 2 bridgehead atoms. The van der Waals surface area contributed by atoms with Crippen molar-refractivity contribution in [3.05, 3.63) is 88.5 Å². The molecule has 2 aromatic carbocycles. The average molecular weight is 576 g/mol. The van der Waals surface area contributed by atoms with Crippen LogP contribution in [0.1, 0.15) is 55.5 Å². The van der Waals surface area contributed by atoms with Gasteiger partial charge in [0.25, 0.3) is 0 Å². The van der Waals surface area contributed by atoms with E-state index in [9.17, 15) is 18.8 Å². The number of halogens is 2. The van der Waals surface area contributed by atoms with Gasteiger partial charge in [-0.15, -0.1) is 0 Å². The molecule has 0 saturated heterocycles. The van der Waals surface area contributed by atoms with Crippen molar-refractivity contribution in [2.45, 2.75) is 45.1 Å². The highest BCUT2D eigenvalue weighted by molar-refractivity contribution is 6.31. The summed E-state index contributed by atoms with van der Waals surface area (Å²) in [5.41, 5.74) is 4.63. The third kappa shape index (κ3) is 6.17. The van der Waals surface area contributed by atoms with Crippen molar-refractivity contribution in [3.63, 3.8) is 0 Å². The predicted molar refractivity (Wildman–Crippen MR) is 155 cm³/mol. The van der Waals surface area contributed by atoms with E-state index in [0.717, 1.165) is 22.4 Å². The lowest BCUT2D eigenvalue weighted by molar-refractivity contribution is -0.139. The summed E-state index contributed by atoms with van der Waals surface area (Å²) in [6.07, 6.45) is 5.71. The highest BCUT2D eigenvalue weighted by Gasteiger charge is 2.30. The number of methoxy groups -OCH3 is 1. The molecule has 1 aromatic heterocycles. The number of nitrogens with zero attached hydrogens (tertiary/aromatic N) is 2. The summed E-state index contributed by atoms with van der Waals surface area (Å²) in [5, 5.41) is 3.08. The van der Waals surface area contributed by atoms with Crippen LogP contribution in [0.4, 0.5) is 10.1 Å². The summed E-state index contributed by atoms with van der Waals surface area (Å²) in [7, 11) is 1.34. The van der Waals surface area contributed by atoms with E-state index in [-0.39, 0.29) is 41.2 Å². The predicted octanol–water partition coefficient (Wildman–Crippen LogP) is 6.37. The van der Waals surface area contributed by atoms with E-state index in [1.807, 2.05) is 31.2 Å². The molecule has 2 atom stereocenters. The Labute approximate surface area is 243 Å². The van der Waals surface area contributed by atoms with Crippen molar-refractivity contribution in [2.75, 3.05) is 19.0 Å². The van der Waals surface area contributed by atoms with Gasteiger partial charge in [0, 0.05) is 41.5 Å². The number of esters is 1. The van der Waals surface area contributed by atoms with Gasteiger partial charge in [-0.3, -0.25) is 19.4 Å². The van der Waals surface area contributed by atoms with Crippen molar-refractivity contribution in [1.82, 2.24) is 9.88 Å². The molecular weight excluding hydrogens is 545 g/mol. The van der Waals surface area contributed by atoms with E-state index in [1.54, 1.807) is 29.3 Å². The number of hydrogen-bond acceptors (Lipinski definition) is 5. The van der Waals surface area contributed by atoms with Gasteiger partial charge in [-0.1, -0.05) is 49.2 Å². The molecule has 0 spiro atoms. The van der Waals surface area contributed by atoms with Crippen molar-refractivity contribution in [2.24, 2.45) is 5.92 Å². The monoisotopic (exact) mass is 575 g/mol. The van der Waals surface area contributed by atoms with Crippen molar-refractivity contribution >= 4 is 40.6 Å². The number of anilines is 1. The SMILES string of the molecule is COC(=O)Cc1ccc2c(c1)NC(=O)[C@H](C)CCC[C@H](N1CCC(c3cccc(Cl)c3F)=CC1=O)c1cc-2ccn1. The Balaban J connectivity index is 1.51. The molecule has 2 amide bonds. The average Bonchev–Trinajstić information content (AvgIpc) is 2.96. The fourth-order valence-corrected chi connectivity index (χ4v) is 5.66. The number of fused-ring (bicyclic) bond motifs is 4. The molecule has 0 saturated carbocycles. The molecule has 2 aliphatic rings. The molecule has 7 nitrogen and oxygen atoms in total. The molecule has 0 radical (unpaired) electrons. The quantitative estimate of drug-likeness (QED) is 0.365. The topological polar surface area (TPSA) is 88.6 Å². The van der Waals surface area contributed by atoms with Crippen LogP contribution in [0.2, 0.25) is 5.02 Å². The normalized spacial score (nSPS) is 19.3. The Morgan fingerprint density at radius 2 is 1.98 bits per heavy atom. The number of carbonyl (C=O) groups excluding carboxylic acids is 3. The highest BCUT2D eigenvalue weighted by atomic mass is 35.5. The van der Waals surface area contributed by atoms with Gasteiger partial charge in [0.05, 0.1) is 30.3 Å². The van der Waals surface area contributed by atoms with Gasteiger partial charge < -0.3 is 15.0 Å². The molecule has 9 heteroatoms. The minimum absolute atomic E-state index is 0.0227. The van der Waals surface area contributed by atoms with Crippen molar-refractivity contribution in [1.29, 1.82) is 0 Å². The summed E-state index contributed by atoms with van der Waals surface area (Å²) in [6, 6.07) is 13.8. The minimum atomic E-state index is -0.525. The lowest BCUT2D eigenvalue weighted by atomic mass is 9.92. The number of pyridine rings is 1. The number of carbonyl (C=O) groups is 3. The second-order valence-electron chi connectivity index (χ2n) is 10.5. The van der Waals surface area contributed by atoms with Gasteiger partial charge in [-0.2, -0.15) is 0 Å². The maximum absolute atomic E-state index is 14.7. The largest absolute Gasteiger partial charge is 0.469 e. The molecular formula is C32H31ClFN3O4. The second-order valence-corrected chi connectivity index (χ2v) is 10.9. The zero-order chi connectivity index (χ0) is 29.1. The number of benzene rings is 2. The molecule has 41 heavy (non-hydrogen) atoms. The van der Waals surface area contributed by atoms with Crippen LogP contribution in [-0.4, -0.2) is 41.3 Å². The number of rotatable bonds is 4. The van der Waals surface area contributed by atoms with Gasteiger partial charge in [0.1, 0.15) is 5.82 Å². The zero-order valence-electron chi connectivity index (χ0n) is 23.0. The third-order valence-corrected chi connectivity index (χ3v) is 8.08. The number of amides is 2. The summed E-state index contributed by atoms with van der Waals surface area (Å²) in [6.45, 7) is 2.28. The maximum Gasteiger partial charge on any atom is 0.309 e. The lowest BCUT2D eigenvalue weighted by Gasteiger charge is -2.34. The fourth-order valence-electron chi connectivity index (χ4n) is 5.49. The fraction of sp³-hybridized carbons (Fsp3) is 0.312. The number of hydrogen-bond donors (Lipinski definition) is 1. The molecule has 212 valence electrons. The molecule has 1 N–H and O–H groups in total. The van der Waals surface area contributed by atoms with Crippen molar-refractivity contribution < 1.29 is 23.5 Å². The highest BCUT2D eigenvalue weighted by Crippen LogP contribution is 2.37. The van der Waals surface area contributed by atoms with Crippen LogP contribution < -0.4 is 5.32 Å². The Morgan fingerprint density at radius 1 is 1.15 bits per heavy atom. The molecule has 3 heterocycles. The summed E-state index contributed by atoms with van der Waals surface area (Å²) in [4.78, 5) is 44.9. The van der Waals surface area contributed by atoms with Crippen LogP contribution in [0, 0.1) is 11.7 Å². The second kappa shape index (κ2) is 12.2. The molecule has 2 aliphatic heterocycles. The van der Waals surface area contributed by atoms with Gasteiger partial charge in [0.2, 0.25) is 11.8 Å². The summed E-state index contributed by atoms with van der Waals surface area (Å²) in [5.74, 6) is -1.49. The summed E-state index contributed by atoms with van der Waals surface area (Å²) >= 11 is 5.99. The Morgan fingerprint density at radius 3 is 2.76 bits per heavy atom. The smallest absolute Gasteiger partial charge is 0.309 e. The molecule has 0 unspecified atom stereocenters. The van der Waals surface area contributed by atoms with Crippen LogP contribution in [0.15, 0.2) is 60.8 Å². The van der Waals surface area contributed by atoms with Gasteiger partial charge in [-0.05, 0) is 60.2 Å². The first kappa shape index (κ1) is 28.5. The lowest BCUT2D eigenvalue weighted by Crippen LogP contribution is -2.38. The molecule has 3 aromatic rings. The maximum atomic E-state index is 14.7. The van der Waals surface area contributed by atoms with E-state index in [4.69, 9.17) is 16.3 Å². The van der Waals surface area contributed by atoms with Gasteiger partial charge in [0.15, 0.2) is 0 Å². The van der Waals surface area contributed by atoms with Crippen LogP contribution in [-0.2, 0) is 25.5 Å². The Bertz CT molecular complexity index is 1540. The third-order valence-electron chi connectivity index (χ3n) is 7.79. The Kier molecular flexibility index (Phi) is 8.49. The summed E-state index contributed by atoms with van der Waals surface area (Å²) < 4.78 is 19.5.